The van der Waals surface area contributed by atoms with Gasteiger partial charge >= 0.3 is 5.97 Å². The molecule has 2 N–H and O–H groups in total. The normalized spacial score (nSPS) is 13.3. The van der Waals surface area contributed by atoms with Crippen LogP contribution in [0.3, 0.4) is 0 Å². The second kappa shape index (κ2) is 5.45. The van der Waals surface area contributed by atoms with Crippen LogP contribution in [0.25, 0.3) is 0 Å². The number of rotatable bonds is 3. The third-order valence-electron chi connectivity index (χ3n) is 2.12. The predicted molar refractivity (Wildman–Crippen MR) is 65.3 cm³/mol. The van der Waals surface area contributed by atoms with Crippen LogP contribution in [-0.4, -0.2) is 47.2 Å². The lowest BCUT2D eigenvalue weighted by Crippen LogP contribution is -2.24. The van der Waals surface area contributed by atoms with Gasteiger partial charge in [0.05, 0.1) is 5.56 Å². The van der Waals surface area contributed by atoms with Crippen molar-refractivity contribution in [3.8, 4) is 0 Å². The zero-order chi connectivity index (χ0) is 13.0. The van der Waals surface area contributed by atoms with Crippen LogP contribution in [0.2, 0.25) is 0 Å². The summed E-state index contributed by atoms with van der Waals surface area (Å²) < 4.78 is 0. The van der Waals surface area contributed by atoms with Crippen molar-refractivity contribution in [1.29, 1.82) is 0 Å². The number of nitrogens with zero attached hydrogens (tertiary/aromatic N) is 2. The fraction of sp³-hybridized carbons (Fsp3) is 0.333. The number of hydrogen-bond acceptors (Lipinski definition) is 3. The lowest BCUT2D eigenvalue weighted by molar-refractivity contribution is 0.0697. The molecule has 17 heavy (non-hydrogen) atoms. The molecule has 1 unspecified atom stereocenters. The smallest absolute Gasteiger partial charge is 0.335 e. The van der Waals surface area contributed by atoms with Gasteiger partial charge in [0.25, 0.3) is 0 Å². The van der Waals surface area contributed by atoms with E-state index in [2.05, 4.69) is 4.99 Å². The molecular weight excluding hydrogens is 220 g/mol. The summed E-state index contributed by atoms with van der Waals surface area (Å²) in [7, 11) is 3.62. The maximum absolute atomic E-state index is 10.7. The Morgan fingerprint density at radius 2 is 1.71 bits per heavy atom. The molecule has 0 fully saturated rings. The minimum atomic E-state index is -0.963. The zero-order valence-electron chi connectivity index (χ0n) is 10.1. The summed E-state index contributed by atoms with van der Waals surface area (Å²) in [5, 5.41) is 18.1. The molecule has 92 valence electrons. The highest BCUT2D eigenvalue weighted by molar-refractivity contribution is 5.99. The van der Waals surface area contributed by atoms with Crippen molar-refractivity contribution < 1.29 is 15.0 Å². The predicted octanol–water partition coefficient (Wildman–Crippen LogP) is 1.03. The number of carboxylic acid groups (broad SMARTS) is 1. The first kappa shape index (κ1) is 13.2. The second-order valence-corrected chi connectivity index (χ2v) is 3.86. The molecule has 5 heteroatoms. The number of amidine groups is 1. The number of hydrogen-bond donors (Lipinski definition) is 2. The molecule has 0 heterocycles. The molecule has 0 saturated heterocycles. The number of aliphatic hydroxyl groups excluding tert-OH is 1. The molecule has 0 aromatic heterocycles. The molecule has 5 nitrogen and oxygen atoms in total. The number of aliphatic hydroxyl groups is 1. The standard InChI is InChI=1S/C12H16N2O3/c1-8(15)13-11(14(2)3)9-4-6-10(7-5-9)12(16)17/h4-8,15H,1-3H3,(H,16,17). The third kappa shape index (κ3) is 3.57. The molecule has 0 spiro atoms. The zero-order valence-corrected chi connectivity index (χ0v) is 10.1. The van der Waals surface area contributed by atoms with Crippen LogP contribution in [0.15, 0.2) is 29.3 Å². The van der Waals surface area contributed by atoms with Gasteiger partial charge in [-0.3, -0.25) is 0 Å². The minimum Gasteiger partial charge on any atom is -0.478 e. The van der Waals surface area contributed by atoms with Gasteiger partial charge in [0, 0.05) is 19.7 Å². The van der Waals surface area contributed by atoms with E-state index in [0.29, 0.717) is 5.84 Å². The topological polar surface area (TPSA) is 73.1 Å². The molecule has 0 aliphatic heterocycles. The van der Waals surface area contributed by atoms with Crippen molar-refractivity contribution in [1.82, 2.24) is 4.90 Å². The van der Waals surface area contributed by atoms with Gasteiger partial charge in [-0.25, -0.2) is 9.79 Å². The summed E-state index contributed by atoms with van der Waals surface area (Å²) in [6, 6.07) is 6.37. The molecule has 1 aromatic rings. The highest BCUT2D eigenvalue weighted by atomic mass is 16.4. The molecule has 0 aliphatic rings. The van der Waals surface area contributed by atoms with Crippen LogP contribution < -0.4 is 0 Å². The highest BCUT2D eigenvalue weighted by Crippen LogP contribution is 2.08. The molecule has 0 saturated carbocycles. The molecule has 1 aromatic carbocycles. The largest absolute Gasteiger partial charge is 0.478 e. The van der Waals surface area contributed by atoms with Crippen LogP contribution in [0.1, 0.15) is 22.8 Å². The monoisotopic (exact) mass is 236 g/mol. The highest BCUT2D eigenvalue weighted by Gasteiger charge is 2.09. The van der Waals surface area contributed by atoms with Crippen molar-refractivity contribution in [2.45, 2.75) is 13.2 Å². The van der Waals surface area contributed by atoms with Crippen LogP contribution in [0.5, 0.6) is 0 Å². The molecule has 1 rings (SSSR count). The first-order chi connectivity index (χ1) is 7.91. The van der Waals surface area contributed by atoms with E-state index in [1.165, 1.54) is 12.1 Å². The summed E-state index contributed by atoms with van der Waals surface area (Å²) in [5.74, 6) is -0.354. The van der Waals surface area contributed by atoms with Gasteiger partial charge in [-0.05, 0) is 19.1 Å². The van der Waals surface area contributed by atoms with E-state index in [4.69, 9.17) is 5.11 Å². The van der Waals surface area contributed by atoms with Crippen molar-refractivity contribution in [2.75, 3.05) is 14.1 Å². The van der Waals surface area contributed by atoms with Gasteiger partial charge in [0.15, 0.2) is 0 Å². The van der Waals surface area contributed by atoms with E-state index in [-0.39, 0.29) is 5.56 Å². The summed E-state index contributed by atoms with van der Waals surface area (Å²) >= 11 is 0. The van der Waals surface area contributed by atoms with E-state index in [1.54, 1.807) is 24.0 Å². The van der Waals surface area contributed by atoms with E-state index < -0.39 is 12.2 Å². The summed E-state index contributed by atoms with van der Waals surface area (Å²) in [5.41, 5.74) is 0.991. The Morgan fingerprint density at radius 3 is 2.06 bits per heavy atom. The molecule has 0 bridgehead atoms. The van der Waals surface area contributed by atoms with E-state index in [0.717, 1.165) is 5.56 Å². The van der Waals surface area contributed by atoms with E-state index in [1.807, 2.05) is 14.1 Å². The average molecular weight is 236 g/mol. The summed E-state index contributed by atoms with van der Waals surface area (Å²) in [6.45, 7) is 1.56. The van der Waals surface area contributed by atoms with Crippen LogP contribution in [0.4, 0.5) is 0 Å². The van der Waals surface area contributed by atoms with Crippen molar-refractivity contribution >= 4 is 11.8 Å². The number of carbonyl (C=O) groups is 1. The Kier molecular flexibility index (Phi) is 4.23. The van der Waals surface area contributed by atoms with Crippen LogP contribution in [-0.2, 0) is 0 Å². The average Bonchev–Trinajstić information content (AvgIpc) is 2.25. The fourth-order valence-corrected chi connectivity index (χ4v) is 1.39. The molecule has 1 atom stereocenters. The van der Waals surface area contributed by atoms with Crippen molar-refractivity contribution in [2.24, 2.45) is 4.99 Å². The van der Waals surface area contributed by atoms with Gasteiger partial charge in [0.1, 0.15) is 12.1 Å². The Balaban J connectivity index is 3.08. The SMILES string of the molecule is CC(O)N=C(c1ccc(C(=O)O)cc1)N(C)C. The number of aromatic carboxylic acids is 1. The minimum absolute atomic E-state index is 0.226. The van der Waals surface area contributed by atoms with Crippen LogP contribution in [0, 0.1) is 0 Å². The first-order valence-electron chi connectivity index (χ1n) is 5.18. The second-order valence-electron chi connectivity index (χ2n) is 3.86. The molecule has 0 amide bonds. The maximum atomic E-state index is 10.7. The summed E-state index contributed by atoms with van der Waals surface area (Å²) in [4.78, 5) is 16.6. The van der Waals surface area contributed by atoms with Gasteiger partial charge in [-0.1, -0.05) is 12.1 Å². The number of benzene rings is 1. The van der Waals surface area contributed by atoms with E-state index >= 15 is 0 Å². The Hall–Kier alpha value is -1.88. The Morgan fingerprint density at radius 1 is 1.24 bits per heavy atom. The Bertz CT molecular complexity index is 422. The quantitative estimate of drug-likeness (QED) is 0.607. The first-order valence-corrected chi connectivity index (χ1v) is 5.18. The number of carboxylic acids is 1. The van der Waals surface area contributed by atoms with Gasteiger partial charge < -0.3 is 15.1 Å². The van der Waals surface area contributed by atoms with Crippen molar-refractivity contribution in [3.05, 3.63) is 35.4 Å². The lowest BCUT2D eigenvalue weighted by atomic mass is 10.1. The van der Waals surface area contributed by atoms with Crippen molar-refractivity contribution in [3.63, 3.8) is 0 Å². The summed E-state index contributed by atoms with van der Waals surface area (Å²) in [6.07, 6.45) is -0.799. The lowest BCUT2D eigenvalue weighted by Gasteiger charge is -2.17. The number of aliphatic imine (C=N–C) groups is 1. The van der Waals surface area contributed by atoms with Gasteiger partial charge in [-0.2, -0.15) is 0 Å². The molecular formula is C12H16N2O3. The fourth-order valence-electron chi connectivity index (χ4n) is 1.39. The third-order valence-corrected chi connectivity index (χ3v) is 2.12. The Labute approximate surface area is 100 Å². The van der Waals surface area contributed by atoms with Crippen LogP contribution >= 0.6 is 0 Å². The molecule has 0 aliphatic carbocycles. The maximum Gasteiger partial charge on any atom is 0.335 e. The van der Waals surface area contributed by atoms with Gasteiger partial charge in [0.2, 0.25) is 0 Å². The van der Waals surface area contributed by atoms with E-state index in [9.17, 15) is 9.90 Å². The molecule has 0 radical (unpaired) electrons. The van der Waals surface area contributed by atoms with Gasteiger partial charge in [-0.15, -0.1) is 0 Å².